The fraction of sp³-hybridized carbons (Fsp3) is 0.556. The van der Waals surface area contributed by atoms with Crippen LogP contribution in [0, 0.1) is 0 Å². The van der Waals surface area contributed by atoms with E-state index >= 15 is 0 Å². The van der Waals surface area contributed by atoms with Crippen molar-refractivity contribution in [3.63, 3.8) is 0 Å². The quantitative estimate of drug-likeness (QED) is 0.391. The highest BCUT2D eigenvalue weighted by molar-refractivity contribution is 5.80. The molecule has 0 aliphatic rings. The molecule has 0 aliphatic carbocycles. The second-order valence-corrected chi connectivity index (χ2v) is 2.72. The van der Waals surface area contributed by atoms with Crippen molar-refractivity contribution in [3.05, 3.63) is 12.2 Å². The Kier molecular flexibility index (Phi) is 7.45. The highest BCUT2D eigenvalue weighted by atomic mass is 16.4. The minimum Gasteiger partial charge on any atom is -0.478 e. The standard InChI is InChI=1S/C9H16N2O3/c1-2-5-11-8(12)7-10-6-3-4-9(13)14/h3-4,10H,2,5-7H2,1H3,(H,11,12)(H,13,14)/b4-3+. The molecule has 0 atom stereocenters. The summed E-state index contributed by atoms with van der Waals surface area (Å²) in [5.41, 5.74) is 0. The zero-order valence-electron chi connectivity index (χ0n) is 8.25. The zero-order chi connectivity index (χ0) is 10.8. The first-order valence-corrected chi connectivity index (χ1v) is 4.53. The molecule has 80 valence electrons. The molecule has 0 aromatic carbocycles. The lowest BCUT2D eigenvalue weighted by Crippen LogP contribution is -2.34. The van der Waals surface area contributed by atoms with Gasteiger partial charge in [0, 0.05) is 19.2 Å². The van der Waals surface area contributed by atoms with Gasteiger partial charge in [-0.05, 0) is 6.42 Å². The van der Waals surface area contributed by atoms with Gasteiger partial charge < -0.3 is 15.7 Å². The third-order valence-electron chi connectivity index (χ3n) is 1.38. The van der Waals surface area contributed by atoms with Crippen molar-refractivity contribution < 1.29 is 14.7 Å². The van der Waals surface area contributed by atoms with E-state index in [4.69, 9.17) is 5.11 Å². The van der Waals surface area contributed by atoms with Gasteiger partial charge in [0.15, 0.2) is 0 Å². The predicted octanol–water partition coefficient (Wildman–Crippen LogP) is -0.257. The molecule has 0 spiro atoms. The topological polar surface area (TPSA) is 78.4 Å². The van der Waals surface area contributed by atoms with Crippen LogP contribution in [0.5, 0.6) is 0 Å². The fourth-order valence-electron chi connectivity index (χ4n) is 0.756. The number of carbonyl (C=O) groups excluding carboxylic acids is 1. The lowest BCUT2D eigenvalue weighted by molar-refractivity contribution is -0.131. The van der Waals surface area contributed by atoms with Crippen LogP contribution in [0.3, 0.4) is 0 Å². The highest BCUT2D eigenvalue weighted by Crippen LogP contribution is 1.73. The Morgan fingerprint density at radius 3 is 2.71 bits per heavy atom. The van der Waals surface area contributed by atoms with Crippen molar-refractivity contribution in [1.29, 1.82) is 0 Å². The maximum absolute atomic E-state index is 11.0. The van der Waals surface area contributed by atoms with Crippen molar-refractivity contribution in [2.45, 2.75) is 13.3 Å². The Balaban J connectivity index is 3.35. The summed E-state index contributed by atoms with van der Waals surface area (Å²) >= 11 is 0. The van der Waals surface area contributed by atoms with Crippen molar-refractivity contribution in [1.82, 2.24) is 10.6 Å². The van der Waals surface area contributed by atoms with Crippen LogP contribution in [0.2, 0.25) is 0 Å². The van der Waals surface area contributed by atoms with E-state index in [2.05, 4.69) is 10.6 Å². The third-order valence-corrected chi connectivity index (χ3v) is 1.38. The summed E-state index contributed by atoms with van der Waals surface area (Å²) in [5.74, 6) is -1.06. The first kappa shape index (κ1) is 12.6. The normalized spacial score (nSPS) is 10.4. The summed E-state index contributed by atoms with van der Waals surface area (Å²) in [5, 5.41) is 13.7. The second kappa shape index (κ2) is 8.25. The van der Waals surface area contributed by atoms with Crippen molar-refractivity contribution >= 4 is 11.9 Å². The molecule has 0 aromatic heterocycles. The minimum absolute atomic E-state index is 0.0735. The number of carboxylic acid groups (broad SMARTS) is 1. The molecule has 0 aliphatic heterocycles. The van der Waals surface area contributed by atoms with E-state index in [0.29, 0.717) is 13.1 Å². The lowest BCUT2D eigenvalue weighted by Gasteiger charge is -2.02. The van der Waals surface area contributed by atoms with Gasteiger partial charge in [-0.15, -0.1) is 0 Å². The average Bonchev–Trinajstić information content (AvgIpc) is 2.13. The maximum atomic E-state index is 11.0. The first-order chi connectivity index (χ1) is 6.66. The van der Waals surface area contributed by atoms with Crippen LogP contribution in [-0.2, 0) is 9.59 Å². The fourth-order valence-corrected chi connectivity index (χ4v) is 0.756. The number of hydrogen-bond donors (Lipinski definition) is 3. The van der Waals surface area contributed by atoms with Crippen LogP contribution in [0.4, 0.5) is 0 Å². The van der Waals surface area contributed by atoms with Crippen LogP contribution < -0.4 is 10.6 Å². The molecule has 14 heavy (non-hydrogen) atoms. The Bertz CT molecular complexity index is 214. The predicted molar refractivity (Wildman–Crippen MR) is 52.9 cm³/mol. The molecule has 0 radical (unpaired) electrons. The third kappa shape index (κ3) is 8.73. The molecule has 0 saturated heterocycles. The summed E-state index contributed by atoms with van der Waals surface area (Å²) < 4.78 is 0. The van der Waals surface area contributed by atoms with Gasteiger partial charge in [-0.1, -0.05) is 13.0 Å². The summed E-state index contributed by atoms with van der Waals surface area (Å²) in [7, 11) is 0. The smallest absolute Gasteiger partial charge is 0.328 e. The van der Waals surface area contributed by atoms with Gasteiger partial charge in [0.05, 0.1) is 6.54 Å². The SMILES string of the molecule is CCCNC(=O)CNC/C=C/C(=O)O. The summed E-state index contributed by atoms with van der Waals surface area (Å²) in [6.45, 7) is 3.24. The van der Waals surface area contributed by atoms with Gasteiger partial charge in [-0.3, -0.25) is 4.79 Å². The number of carboxylic acids is 1. The van der Waals surface area contributed by atoms with Crippen LogP contribution in [-0.4, -0.2) is 36.6 Å². The van der Waals surface area contributed by atoms with E-state index in [0.717, 1.165) is 12.5 Å². The van der Waals surface area contributed by atoms with Crippen molar-refractivity contribution in [2.24, 2.45) is 0 Å². The molecule has 0 rings (SSSR count). The van der Waals surface area contributed by atoms with Gasteiger partial charge >= 0.3 is 5.97 Å². The van der Waals surface area contributed by atoms with Crippen LogP contribution in [0.1, 0.15) is 13.3 Å². The lowest BCUT2D eigenvalue weighted by atomic mass is 10.4. The largest absolute Gasteiger partial charge is 0.478 e. The second-order valence-electron chi connectivity index (χ2n) is 2.72. The molecular formula is C9H16N2O3. The summed E-state index contributed by atoms with van der Waals surface area (Å²) in [6.07, 6.45) is 3.40. The minimum atomic E-state index is -0.984. The van der Waals surface area contributed by atoms with Crippen LogP contribution in [0.15, 0.2) is 12.2 Å². The monoisotopic (exact) mass is 200 g/mol. The molecule has 0 bridgehead atoms. The Morgan fingerprint density at radius 1 is 1.43 bits per heavy atom. The Morgan fingerprint density at radius 2 is 2.14 bits per heavy atom. The molecule has 0 fully saturated rings. The molecule has 0 aromatic rings. The average molecular weight is 200 g/mol. The van der Waals surface area contributed by atoms with Gasteiger partial charge in [-0.25, -0.2) is 4.79 Å². The summed E-state index contributed by atoms with van der Waals surface area (Å²) in [6, 6.07) is 0. The number of rotatable bonds is 7. The number of carbonyl (C=O) groups is 2. The van der Waals surface area contributed by atoms with E-state index in [1.54, 1.807) is 0 Å². The van der Waals surface area contributed by atoms with Crippen molar-refractivity contribution in [2.75, 3.05) is 19.6 Å². The van der Waals surface area contributed by atoms with Gasteiger partial charge in [0.2, 0.25) is 5.91 Å². The number of amides is 1. The van der Waals surface area contributed by atoms with E-state index in [9.17, 15) is 9.59 Å². The van der Waals surface area contributed by atoms with Crippen LogP contribution in [0.25, 0.3) is 0 Å². The number of nitrogens with one attached hydrogen (secondary N) is 2. The van der Waals surface area contributed by atoms with Gasteiger partial charge in [0.25, 0.3) is 0 Å². The Labute approximate surface area is 83.2 Å². The van der Waals surface area contributed by atoms with Gasteiger partial charge in [-0.2, -0.15) is 0 Å². The maximum Gasteiger partial charge on any atom is 0.328 e. The molecule has 3 N–H and O–H groups in total. The van der Waals surface area contributed by atoms with Gasteiger partial charge in [0.1, 0.15) is 0 Å². The van der Waals surface area contributed by atoms with Crippen LogP contribution >= 0.6 is 0 Å². The molecule has 1 amide bonds. The van der Waals surface area contributed by atoms with E-state index in [1.165, 1.54) is 6.08 Å². The molecular weight excluding hydrogens is 184 g/mol. The molecule has 5 nitrogen and oxygen atoms in total. The summed E-state index contributed by atoms with van der Waals surface area (Å²) in [4.78, 5) is 21.0. The zero-order valence-corrected chi connectivity index (χ0v) is 8.25. The number of hydrogen-bond acceptors (Lipinski definition) is 3. The first-order valence-electron chi connectivity index (χ1n) is 4.53. The highest BCUT2D eigenvalue weighted by Gasteiger charge is 1.96. The van der Waals surface area contributed by atoms with E-state index in [1.807, 2.05) is 6.92 Å². The van der Waals surface area contributed by atoms with E-state index < -0.39 is 5.97 Å². The molecule has 0 saturated carbocycles. The van der Waals surface area contributed by atoms with E-state index in [-0.39, 0.29) is 12.5 Å². The number of aliphatic carboxylic acids is 1. The van der Waals surface area contributed by atoms with Crippen molar-refractivity contribution in [3.8, 4) is 0 Å². The Hall–Kier alpha value is -1.36. The molecule has 0 unspecified atom stereocenters. The molecule has 5 heteroatoms. The molecule has 0 heterocycles.